The Morgan fingerprint density at radius 1 is 0.885 bits per heavy atom. The number of ether oxygens (including phenoxy) is 2. The summed E-state index contributed by atoms with van der Waals surface area (Å²) in [6.07, 6.45) is 11.9. The van der Waals surface area contributed by atoms with Gasteiger partial charge in [-0.25, -0.2) is 9.59 Å². The summed E-state index contributed by atoms with van der Waals surface area (Å²) < 4.78 is 11.0. The number of carbonyl (C=O) groups excluding carboxylic acids is 2. The number of hydrogen-bond acceptors (Lipinski definition) is 4. The van der Waals surface area contributed by atoms with Crippen LogP contribution in [0.4, 0.5) is 0 Å². The summed E-state index contributed by atoms with van der Waals surface area (Å²) in [6.45, 7) is 2.57. The van der Waals surface area contributed by atoms with Crippen LogP contribution >= 0.6 is 0 Å². The molecule has 0 aliphatic heterocycles. The molecule has 0 unspecified atom stereocenters. The Kier molecular flexibility index (Phi) is 9.22. The monoisotopic (exact) mass is 360 g/mol. The number of hydrogen-bond donors (Lipinski definition) is 0. The Hall–Kier alpha value is -1.84. The van der Waals surface area contributed by atoms with Gasteiger partial charge in [0, 0.05) is 0 Å². The van der Waals surface area contributed by atoms with Crippen LogP contribution in [0, 0.1) is 0 Å². The molecule has 4 heteroatoms. The van der Waals surface area contributed by atoms with Gasteiger partial charge in [-0.2, -0.15) is 0 Å². The lowest BCUT2D eigenvalue weighted by atomic mass is 10.1. The van der Waals surface area contributed by atoms with Gasteiger partial charge in [0.2, 0.25) is 0 Å². The molecule has 1 saturated carbocycles. The molecule has 1 aliphatic rings. The highest BCUT2D eigenvalue weighted by Crippen LogP contribution is 2.22. The van der Waals surface area contributed by atoms with Gasteiger partial charge >= 0.3 is 11.9 Å². The quantitative estimate of drug-likeness (QED) is 0.322. The SMILES string of the molecule is CCCCCCCOC(=O)c1ccccc1C(=O)OC1CCCCCC1. The summed E-state index contributed by atoms with van der Waals surface area (Å²) in [5, 5.41) is 0. The van der Waals surface area contributed by atoms with E-state index in [2.05, 4.69) is 6.92 Å². The topological polar surface area (TPSA) is 52.6 Å². The van der Waals surface area contributed by atoms with E-state index in [1.165, 1.54) is 32.1 Å². The van der Waals surface area contributed by atoms with E-state index >= 15 is 0 Å². The van der Waals surface area contributed by atoms with Crippen molar-refractivity contribution in [3.8, 4) is 0 Å². The molecular formula is C22H32O4. The van der Waals surface area contributed by atoms with Crippen LogP contribution in [0.2, 0.25) is 0 Å². The van der Waals surface area contributed by atoms with Crippen molar-refractivity contribution < 1.29 is 19.1 Å². The summed E-state index contributed by atoms with van der Waals surface area (Å²) >= 11 is 0. The zero-order valence-electron chi connectivity index (χ0n) is 16.0. The van der Waals surface area contributed by atoms with Crippen LogP contribution in [0.25, 0.3) is 0 Å². The molecule has 1 aromatic rings. The van der Waals surface area contributed by atoms with E-state index in [0.717, 1.165) is 38.5 Å². The lowest BCUT2D eigenvalue weighted by molar-refractivity contribution is 0.0258. The molecule has 1 fully saturated rings. The predicted octanol–water partition coefficient (Wildman–Crippen LogP) is 5.69. The average Bonchev–Trinajstić information content (AvgIpc) is 2.93. The van der Waals surface area contributed by atoms with Gasteiger partial charge in [-0.3, -0.25) is 0 Å². The zero-order valence-corrected chi connectivity index (χ0v) is 16.0. The Labute approximate surface area is 157 Å². The van der Waals surface area contributed by atoms with Crippen LogP contribution in [0.1, 0.15) is 98.3 Å². The van der Waals surface area contributed by atoms with E-state index in [9.17, 15) is 9.59 Å². The molecule has 144 valence electrons. The normalized spacial score (nSPS) is 15.3. The molecule has 26 heavy (non-hydrogen) atoms. The van der Waals surface area contributed by atoms with Crippen LogP contribution in [0.15, 0.2) is 24.3 Å². The molecular weight excluding hydrogens is 328 g/mol. The van der Waals surface area contributed by atoms with Crippen LogP contribution in [-0.4, -0.2) is 24.6 Å². The summed E-state index contributed by atoms with van der Waals surface area (Å²) in [5.41, 5.74) is 0.618. The van der Waals surface area contributed by atoms with Gasteiger partial charge in [0.25, 0.3) is 0 Å². The molecule has 4 nitrogen and oxygen atoms in total. The van der Waals surface area contributed by atoms with Crippen molar-refractivity contribution in [2.45, 2.75) is 83.7 Å². The molecule has 0 aromatic heterocycles. The second kappa shape index (κ2) is 11.7. The minimum atomic E-state index is -0.436. The third-order valence-electron chi connectivity index (χ3n) is 4.92. The second-order valence-corrected chi connectivity index (χ2v) is 7.11. The second-order valence-electron chi connectivity index (χ2n) is 7.11. The maximum atomic E-state index is 12.6. The minimum Gasteiger partial charge on any atom is -0.462 e. The van der Waals surface area contributed by atoms with Gasteiger partial charge in [0.05, 0.1) is 17.7 Å². The van der Waals surface area contributed by atoms with Crippen LogP contribution in [0.5, 0.6) is 0 Å². The van der Waals surface area contributed by atoms with E-state index < -0.39 is 11.9 Å². The van der Waals surface area contributed by atoms with E-state index in [1.54, 1.807) is 24.3 Å². The van der Waals surface area contributed by atoms with Crippen molar-refractivity contribution >= 4 is 11.9 Å². The van der Waals surface area contributed by atoms with Crippen molar-refractivity contribution in [1.82, 2.24) is 0 Å². The minimum absolute atomic E-state index is 0.0346. The molecule has 0 bridgehead atoms. The van der Waals surface area contributed by atoms with Crippen LogP contribution < -0.4 is 0 Å². The molecule has 0 N–H and O–H groups in total. The van der Waals surface area contributed by atoms with E-state index in [0.29, 0.717) is 17.7 Å². The molecule has 1 aromatic carbocycles. The van der Waals surface area contributed by atoms with Crippen LogP contribution in [-0.2, 0) is 9.47 Å². The number of rotatable bonds is 9. The molecule has 0 saturated heterocycles. The van der Waals surface area contributed by atoms with Crippen LogP contribution in [0.3, 0.4) is 0 Å². The fourth-order valence-corrected chi connectivity index (χ4v) is 3.36. The lowest BCUT2D eigenvalue weighted by Gasteiger charge is -2.16. The van der Waals surface area contributed by atoms with E-state index in [-0.39, 0.29) is 6.10 Å². The third kappa shape index (κ3) is 6.81. The summed E-state index contributed by atoms with van der Waals surface area (Å²) in [5.74, 6) is -0.846. The first-order valence-electron chi connectivity index (χ1n) is 10.2. The Morgan fingerprint density at radius 2 is 1.50 bits per heavy atom. The molecule has 0 spiro atoms. The zero-order chi connectivity index (χ0) is 18.6. The van der Waals surface area contributed by atoms with Crippen molar-refractivity contribution in [2.24, 2.45) is 0 Å². The molecule has 0 atom stereocenters. The first-order valence-corrected chi connectivity index (χ1v) is 10.2. The average molecular weight is 360 g/mol. The van der Waals surface area contributed by atoms with Crippen molar-refractivity contribution in [3.63, 3.8) is 0 Å². The molecule has 0 radical (unpaired) electrons. The maximum Gasteiger partial charge on any atom is 0.339 e. The van der Waals surface area contributed by atoms with Gasteiger partial charge in [-0.15, -0.1) is 0 Å². The Bertz CT molecular complexity index is 559. The van der Waals surface area contributed by atoms with E-state index in [4.69, 9.17) is 9.47 Å². The number of esters is 2. The number of benzene rings is 1. The maximum absolute atomic E-state index is 12.6. The Balaban J connectivity index is 1.89. The summed E-state index contributed by atoms with van der Waals surface area (Å²) in [7, 11) is 0. The fraction of sp³-hybridized carbons (Fsp3) is 0.636. The van der Waals surface area contributed by atoms with Gasteiger partial charge in [0.1, 0.15) is 6.10 Å². The molecule has 2 rings (SSSR count). The van der Waals surface area contributed by atoms with Gasteiger partial charge in [0.15, 0.2) is 0 Å². The van der Waals surface area contributed by atoms with Gasteiger partial charge in [-0.1, -0.05) is 57.6 Å². The van der Waals surface area contributed by atoms with Gasteiger partial charge < -0.3 is 9.47 Å². The standard InChI is InChI=1S/C22H32O4/c1-2-3-4-7-12-17-25-21(23)19-15-10-11-16-20(19)22(24)26-18-13-8-5-6-9-14-18/h10-11,15-16,18H,2-9,12-14,17H2,1H3. The largest absolute Gasteiger partial charge is 0.462 e. The smallest absolute Gasteiger partial charge is 0.339 e. The Morgan fingerprint density at radius 3 is 2.15 bits per heavy atom. The number of unbranched alkanes of at least 4 members (excludes halogenated alkanes) is 4. The molecule has 0 amide bonds. The van der Waals surface area contributed by atoms with Crippen molar-refractivity contribution in [3.05, 3.63) is 35.4 Å². The molecule has 1 aliphatic carbocycles. The number of carbonyl (C=O) groups is 2. The first-order chi connectivity index (χ1) is 12.7. The van der Waals surface area contributed by atoms with Gasteiger partial charge in [-0.05, 0) is 44.2 Å². The lowest BCUT2D eigenvalue weighted by Crippen LogP contribution is -2.20. The summed E-state index contributed by atoms with van der Waals surface area (Å²) in [4.78, 5) is 24.9. The summed E-state index contributed by atoms with van der Waals surface area (Å²) in [6, 6.07) is 6.80. The third-order valence-corrected chi connectivity index (χ3v) is 4.92. The van der Waals surface area contributed by atoms with E-state index in [1.807, 2.05) is 0 Å². The van der Waals surface area contributed by atoms with Crippen molar-refractivity contribution in [1.29, 1.82) is 0 Å². The highest BCUT2D eigenvalue weighted by Gasteiger charge is 2.22. The molecule has 0 heterocycles. The predicted molar refractivity (Wildman–Crippen MR) is 102 cm³/mol. The highest BCUT2D eigenvalue weighted by molar-refractivity contribution is 6.03. The first kappa shape index (κ1) is 20.5. The highest BCUT2D eigenvalue weighted by atomic mass is 16.5. The fourth-order valence-electron chi connectivity index (χ4n) is 3.36. The van der Waals surface area contributed by atoms with Crippen molar-refractivity contribution in [2.75, 3.05) is 6.61 Å².